The van der Waals surface area contributed by atoms with Crippen molar-refractivity contribution in [1.82, 2.24) is 5.32 Å². The highest BCUT2D eigenvalue weighted by Gasteiger charge is 2.05. The Hall–Kier alpha value is -0.870. The molecule has 0 spiro atoms. The van der Waals surface area contributed by atoms with Gasteiger partial charge in [0.1, 0.15) is 11.6 Å². The van der Waals surface area contributed by atoms with Crippen LogP contribution in [-0.2, 0) is 0 Å². The molecule has 0 unspecified atom stereocenters. The lowest BCUT2D eigenvalue weighted by Gasteiger charge is -2.06. The highest BCUT2D eigenvalue weighted by Crippen LogP contribution is 2.23. The first-order valence-corrected chi connectivity index (χ1v) is 6.07. The molecule has 0 aliphatic carbocycles. The number of thioether (sulfide) groups is 1. The van der Waals surface area contributed by atoms with Crippen LogP contribution in [0.1, 0.15) is 6.92 Å². The van der Waals surface area contributed by atoms with Crippen molar-refractivity contribution in [2.75, 3.05) is 18.8 Å². The van der Waals surface area contributed by atoms with E-state index in [1.54, 1.807) is 0 Å². The average Bonchev–Trinajstić information content (AvgIpc) is 2.27. The van der Waals surface area contributed by atoms with Gasteiger partial charge in [0.25, 0.3) is 0 Å². The fourth-order valence-corrected chi connectivity index (χ4v) is 1.98. The summed E-state index contributed by atoms with van der Waals surface area (Å²) in [6.45, 7) is 7.45. The summed E-state index contributed by atoms with van der Waals surface area (Å²) < 4.78 is 26.1. The summed E-state index contributed by atoms with van der Waals surface area (Å²) in [7, 11) is 0. The number of hydrogen-bond donors (Lipinski definition) is 1. The van der Waals surface area contributed by atoms with Gasteiger partial charge in [0.2, 0.25) is 0 Å². The van der Waals surface area contributed by atoms with Crippen molar-refractivity contribution in [3.8, 4) is 0 Å². The Morgan fingerprint density at radius 2 is 2.19 bits per heavy atom. The quantitative estimate of drug-likeness (QED) is 0.608. The smallest absolute Gasteiger partial charge is 0.136 e. The van der Waals surface area contributed by atoms with E-state index in [-0.39, 0.29) is 5.82 Å². The van der Waals surface area contributed by atoms with E-state index in [1.807, 2.05) is 6.92 Å². The fraction of sp³-hybridized carbons (Fsp3) is 0.333. The summed E-state index contributed by atoms with van der Waals surface area (Å²) in [5.41, 5.74) is 0.968. The number of hydrogen-bond acceptors (Lipinski definition) is 2. The molecule has 1 aromatic carbocycles. The molecule has 16 heavy (non-hydrogen) atoms. The normalized spacial score (nSPS) is 10.4. The van der Waals surface area contributed by atoms with Crippen molar-refractivity contribution in [2.24, 2.45) is 0 Å². The van der Waals surface area contributed by atoms with Crippen molar-refractivity contribution in [3.63, 3.8) is 0 Å². The SMILES string of the molecule is C=C(CNCC)CSc1cc(F)ccc1F. The van der Waals surface area contributed by atoms with E-state index in [1.165, 1.54) is 17.8 Å². The van der Waals surface area contributed by atoms with E-state index in [9.17, 15) is 8.78 Å². The summed E-state index contributed by atoms with van der Waals surface area (Å²) in [6, 6.07) is 3.47. The molecule has 0 aliphatic rings. The van der Waals surface area contributed by atoms with Crippen LogP contribution in [0.2, 0.25) is 0 Å². The van der Waals surface area contributed by atoms with Gasteiger partial charge in [-0.15, -0.1) is 11.8 Å². The van der Waals surface area contributed by atoms with Crippen LogP contribution in [0, 0.1) is 11.6 Å². The van der Waals surface area contributed by atoms with Crippen LogP contribution < -0.4 is 5.32 Å². The Bertz CT molecular complexity index is 366. The zero-order chi connectivity index (χ0) is 12.0. The van der Waals surface area contributed by atoms with E-state index in [4.69, 9.17) is 0 Å². The van der Waals surface area contributed by atoms with Crippen molar-refractivity contribution >= 4 is 11.8 Å². The summed E-state index contributed by atoms with van der Waals surface area (Å²) in [4.78, 5) is 0.331. The predicted molar refractivity (Wildman–Crippen MR) is 64.8 cm³/mol. The topological polar surface area (TPSA) is 12.0 Å². The lowest BCUT2D eigenvalue weighted by atomic mass is 10.3. The molecule has 0 radical (unpaired) electrons. The van der Waals surface area contributed by atoms with Crippen molar-refractivity contribution in [2.45, 2.75) is 11.8 Å². The second-order valence-electron chi connectivity index (χ2n) is 3.39. The maximum atomic E-state index is 13.2. The van der Waals surface area contributed by atoms with Gasteiger partial charge in [0.15, 0.2) is 0 Å². The lowest BCUT2D eigenvalue weighted by Crippen LogP contribution is -2.16. The first-order chi connectivity index (χ1) is 7.63. The van der Waals surface area contributed by atoms with Gasteiger partial charge >= 0.3 is 0 Å². The second kappa shape index (κ2) is 6.66. The zero-order valence-corrected chi connectivity index (χ0v) is 10.0. The summed E-state index contributed by atoms with van der Waals surface area (Å²) in [5, 5.41) is 3.13. The molecule has 0 bridgehead atoms. The molecule has 0 fully saturated rings. The van der Waals surface area contributed by atoms with Crippen LogP contribution in [-0.4, -0.2) is 18.8 Å². The third kappa shape index (κ3) is 4.33. The number of halogens is 2. The van der Waals surface area contributed by atoms with Gasteiger partial charge in [-0.1, -0.05) is 19.1 Å². The minimum atomic E-state index is -0.416. The minimum absolute atomic E-state index is 0.331. The average molecular weight is 243 g/mol. The van der Waals surface area contributed by atoms with Gasteiger partial charge in [-0.3, -0.25) is 0 Å². The van der Waals surface area contributed by atoms with Gasteiger partial charge in [0, 0.05) is 17.2 Å². The van der Waals surface area contributed by atoms with Crippen molar-refractivity contribution in [3.05, 3.63) is 42.0 Å². The van der Waals surface area contributed by atoms with Crippen LogP contribution in [0.3, 0.4) is 0 Å². The third-order valence-electron chi connectivity index (χ3n) is 1.95. The number of benzene rings is 1. The molecule has 0 atom stereocenters. The first-order valence-electron chi connectivity index (χ1n) is 5.08. The molecule has 0 heterocycles. The molecule has 0 aliphatic heterocycles. The van der Waals surface area contributed by atoms with Gasteiger partial charge in [-0.2, -0.15) is 0 Å². The molecule has 0 amide bonds. The molecule has 1 rings (SSSR count). The highest BCUT2D eigenvalue weighted by atomic mass is 32.2. The Morgan fingerprint density at radius 1 is 1.44 bits per heavy atom. The summed E-state index contributed by atoms with van der Waals surface area (Å²) >= 11 is 1.27. The van der Waals surface area contributed by atoms with Crippen LogP contribution in [0.15, 0.2) is 35.2 Å². The predicted octanol–water partition coefficient (Wildman–Crippen LogP) is 3.22. The Balaban J connectivity index is 2.47. The maximum absolute atomic E-state index is 13.2. The van der Waals surface area contributed by atoms with E-state index < -0.39 is 5.82 Å². The number of rotatable bonds is 6. The second-order valence-corrected chi connectivity index (χ2v) is 4.41. The van der Waals surface area contributed by atoms with Crippen molar-refractivity contribution < 1.29 is 8.78 Å². The molecule has 88 valence electrons. The molecule has 1 N–H and O–H groups in total. The highest BCUT2D eigenvalue weighted by molar-refractivity contribution is 7.99. The van der Waals surface area contributed by atoms with Gasteiger partial charge in [0.05, 0.1) is 0 Å². The van der Waals surface area contributed by atoms with E-state index in [0.717, 1.165) is 24.3 Å². The summed E-state index contributed by atoms with van der Waals surface area (Å²) in [5.74, 6) is -0.211. The lowest BCUT2D eigenvalue weighted by molar-refractivity contribution is 0.577. The monoisotopic (exact) mass is 243 g/mol. The molecule has 0 saturated heterocycles. The fourth-order valence-electron chi connectivity index (χ4n) is 1.12. The molecule has 1 nitrogen and oxygen atoms in total. The Morgan fingerprint density at radius 3 is 2.88 bits per heavy atom. The number of likely N-dealkylation sites (N-methyl/N-ethyl adjacent to an activating group) is 1. The van der Waals surface area contributed by atoms with Crippen LogP contribution >= 0.6 is 11.8 Å². The maximum Gasteiger partial charge on any atom is 0.136 e. The van der Waals surface area contributed by atoms with Crippen LogP contribution in [0.4, 0.5) is 8.78 Å². The Labute approximate surface area is 98.9 Å². The molecular formula is C12H15F2NS. The molecule has 0 saturated carbocycles. The zero-order valence-electron chi connectivity index (χ0n) is 9.22. The summed E-state index contributed by atoms with van der Waals surface area (Å²) in [6.07, 6.45) is 0. The molecular weight excluding hydrogens is 228 g/mol. The van der Waals surface area contributed by atoms with E-state index >= 15 is 0 Å². The standard InChI is InChI=1S/C12H15F2NS/c1-3-15-7-9(2)8-16-12-6-10(13)4-5-11(12)14/h4-6,15H,2-3,7-8H2,1H3. The van der Waals surface area contributed by atoms with E-state index in [0.29, 0.717) is 17.2 Å². The molecule has 0 aromatic heterocycles. The number of nitrogens with one attached hydrogen (secondary N) is 1. The van der Waals surface area contributed by atoms with Gasteiger partial charge < -0.3 is 5.32 Å². The van der Waals surface area contributed by atoms with E-state index in [2.05, 4.69) is 11.9 Å². The minimum Gasteiger partial charge on any atom is -0.313 e. The Kier molecular flexibility index (Phi) is 5.49. The third-order valence-corrected chi connectivity index (χ3v) is 3.13. The molecule has 1 aromatic rings. The first kappa shape index (κ1) is 13.2. The van der Waals surface area contributed by atoms with Gasteiger partial charge in [-0.05, 0) is 24.7 Å². The van der Waals surface area contributed by atoms with Crippen molar-refractivity contribution in [1.29, 1.82) is 0 Å². The van der Waals surface area contributed by atoms with Crippen LogP contribution in [0.25, 0.3) is 0 Å². The van der Waals surface area contributed by atoms with Gasteiger partial charge in [-0.25, -0.2) is 8.78 Å². The largest absolute Gasteiger partial charge is 0.313 e. The van der Waals surface area contributed by atoms with Crippen LogP contribution in [0.5, 0.6) is 0 Å². The molecule has 4 heteroatoms.